The number of methoxy groups -OCH3 is 1. The molecular weight excluding hydrogens is 480 g/mol. The average Bonchev–Trinajstić information content (AvgIpc) is 2.77. The maximum absolute atomic E-state index is 13.3. The van der Waals surface area contributed by atoms with Gasteiger partial charge in [-0.05, 0) is 48.4 Å². The summed E-state index contributed by atoms with van der Waals surface area (Å²) >= 11 is 3.32. The maximum Gasteiger partial charge on any atom is 0.243 e. The molecule has 8 heteroatoms. The van der Waals surface area contributed by atoms with Crippen molar-refractivity contribution in [1.29, 1.82) is 0 Å². The minimum Gasteiger partial charge on any atom is -0.497 e. The molecule has 0 aromatic heterocycles. The number of nitrogens with zero attached hydrogens (tertiary/aromatic N) is 1. The second-order valence-corrected chi connectivity index (χ2v) is 9.66. The van der Waals surface area contributed by atoms with Crippen molar-refractivity contribution in [1.82, 2.24) is 4.31 Å². The summed E-state index contributed by atoms with van der Waals surface area (Å²) < 4.78 is 33.7. The number of hydrogen-bond donors (Lipinski definition) is 1. The van der Waals surface area contributed by atoms with E-state index in [1.165, 1.54) is 23.5 Å². The monoisotopic (exact) mass is 502 g/mol. The highest BCUT2D eigenvalue weighted by Gasteiger charge is 2.26. The van der Waals surface area contributed by atoms with Gasteiger partial charge in [0.15, 0.2) is 0 Å². The van der Waals surface area contributed by atoms with Gasteiger partial charge < -0.3 is 10.1 Å². The number of rotatable bonds is 9. The second kappa shape index (κ2) is 10.6. The molecule has 0 saturated carbocycles. The number of hydrogen-bond acceptors (Lipinski definition) is 4. The molecule has 3 aromatic carbocycles. The van der Waals surface area contributed by atoms with Crippen LogP contribution in [0.1, 0.15) is 5.56 Å². The van der Waals surface area contributed by atoms with E-state index in [0.717, 1.165) is 10.0 Å². The Balaban J connectivity index is 1.80. The molecule has 1 amide bonds. The highest BCUT2D eigenvalue weighted by molar-refractivity contribution is 9.10. The zero-order valence-corrected chi connectivity index (χ0v) is 19.4. The van der Waals surface area contributed by atoms with Crippen molar-refractivity contribution in [2.75, 3.05) is 25.5 Å². The van der Waals surface area contributed by atoms with Crippen molar-refractivity contribution in [3.8, 4) is 5.75 Å². The van der Waals surface area contributed by atoms with Crippen molar-refractivity contribution in [2.24, 2.45) is 0 Å². The molecule has 6 nitrogen and oxygen atoms in total. The van der Waals surface area contributed by atoms with E-state index in [0.29, 0.717) is 17.9 Å². The van der Waals surface area contributed by atoms with Crippen LogP contribution in [0.5, 0.6) is 5.75 Å². The van der Waals surface area contributed by atoms with Crippen molar-refractivity contribution < 1.29 is 17.9 Å². The lowest BCUT2D eigenvalue weighted by atomic mass is 10.1. The topological polar surface area (TPSA) is 75.7 Å². The fourth-order valence-electron chi connectivity index (χ4n) is 3.00. The van der Waals surface area contributed by atoms with Crippen LogP contribution < -0.4 is 10.1 Å². The molecule has 0 radical (unpaired) electrons. The second-order valence-electron chi connectivity index (χ2n) is 6.81. The number of carbonyl (C=O) groups is 1. The van der Waals surface area contributed by atoms with Gasteiger partial charge in [-0.1, -0.05) is 52.3 Å². The van der Waals surface area contributed by atoms with Crippen LogP contribution in [0.3, 0.4) is 0 Å². The first kappa shape index (κ1) is 23.0. The van der Waals surface area contributed by atoms with Crippen LogP contribution in [0.15, 0.2) is 88.2 Å². The molecule has 0 fully saturated rings. The van der Waals surface area contributed by atoms with Crippen molar-refractivity contribution in [3.63, 3.8) is 0 Å². The van der Waals surface area contributed by atoms with Crippen LogP contribution >= 0.6 is 15.9 Å². The zero-order chi connectivity index (χ0) is 22.3. The number of carbonyl (C=O) groups excluding carboxylic acids is 1. The fourth-order valence-corrected chi connectivity index (χ4v) is 4.66. The molecule has 0 saturated heterocycles. The van der Waals surface area contributed by atoms with Crippen molar-refractivity contribution >= 4 is 37.5 Å². The van der Waals surface area contributed by atoms with Crippen molar-refractivity contribution in [2.45, 2.75) is 11.3 Å². The largest absolute Gasteiger partial charge is 0.497 e. The first-order valence-corrected chi connectivity index (χ1v) is 11.9. The minimum absolute atomic E-state index is 0.137. The van der Waals surface area contributed by atoms with Crippen LogP contribution in [0.25, 0.3) is 0 Å². The lowest BCUT2D eigenvalue weighted by molar-refractivity contribution is -0.116. The molecule has 0 unspecified atom stereocenters. The number of benzene rings is 3. The number of amides is 1. The molecule has 3 rings (SSSR count). The van der Waals surface area contributed by atoms with Crippen LogP contribution in [-0.4, -0.2) is 38.8 Å². The Morgan fingerprint density at radius 3 is 2.39 bits per heavy atom. The van der Waals surface area contributed by atoms with Gasteiger partial charge in [0.2, 0.25) is 15.9 Å². The van der Waals surface area contributed by atoms with E-state index in [-0.39, 0.29) is 18.0 Å². The lowest BCUT2D eigenvalue weighted by Crippen LogP contribution is -2.39. The van der Waals surface area contributed by atoms with E-state index in [4.69, 9.17) is 4.74 Å². The number of sulfonamides is 1. The summed E-state index contributed by atoms with van der Waals surface area (Å²) in [7, 11) is -2.32. The van der Waals surface area contributed by atoms with Gasteiger partial charge >= 0.3 is 0 Å². The molecule has 0 aliphatic heterocycles. The number of halogens is 1. The van der Waals surface area contributed by atoms with E-state index in [9.17, 15) is 13.2 Å². The molecule has 1 N–H and O–H groups in total. The Kier molecular flexibility index (Phi) is 7.84. The molecule has 0 aliphatic carbocycles. The Morgan fingerprint density at radius 1 is 1.00 bits per heavy atom. The third-order valence-corrected chi connectivity index (χ3v) is 7.01. The summed E-state index contributed by atoms with van der Waals surface area (Å²) in [5.41, 5.74) is 1.53. The fraction of sp³-hybridized carbons (Fsp3) is 0.174. The Morgan fingerprint density at radius 2 is 1.71 bits per heavy atom. The van der Waals surface area contributed by atoms with Gasteiger partial charge in [0.25, 0.3) is 0 Å². The van der Waals surface area contributed by atoms with Gasteiger partial charge in [-0.3, -0.25) is 4.79 Å². The number of anilines is 1. The molecular formula is C23H23BrN2O4S. The molecule has 0 spiro atoms. The quantitative estimate of drug-likeness (QED) is 0.472. The highest BCUT2D eigenvalue weighted by atomic mass is 79.9. The van der Waals surface area contributed by atoms with E-state index < -0.39 is 15.9 Å². The standard InChI is InChI=1S/C23H23BrN2O4S/c1-30-21-9-5-8-20(16-21)25-23(27)17-26(15-14-18-6-3-2-4-7-18)31(28,29)22-12-10-19(24)11-13-22/h2-13,16H,14-15,17H2,1H3,(H,25,27). The predicted octanol–water partition coefficient (Wildman–Crippen LogP) is 4.33. The Bertz CT molecular complexity index is 1120. The predicted molar refractivity (Wildman–Crippen MR) is 125 cm³/mol. The van der Waals surface area contributed by atoms with Crippen LogP contribution in [0.4, 0.5) is 5.69 Å². The van der Waals surface area contributed by atoms with E-state index >= 15 is 0 Å². The Hall–Kier alpha value is -2.68. The zero-order valence-electron chi connectivity index (χ0n) is 17.0. The minimum atomic E-state index is -3.86. The smallest absolute Gasteiger partial charge is 0.243 e. The summed E-state index contributed by atoms with van der Waals surface area (Å²) in [5, 5.41) is 2.75. The molecule has 0 aliphatic rings. The first-order chi connectivity index (χ1) is 14.9. The Labute approximate surface area is 191 Å². The number of ether oxygens (including phenoxy) is 1. The normalized spacial score (nSPS) is 11.3. The molecule has 0 bridgehead atoms. The summed E-state index contributed by atoms with van der Waals surface area (Å²) in [6.45, 7) is -0.129. The lowest BCUT2D eigenvalue weighted by Gasteiger charge is -2.22. The molecule has 31 heavy (non-hydrogen) atoms. The number of nitrogens with one attached hydrogen (secondary N) is 1. The SMILES string of the molecule is COc1cccc(NC(=O)CN(CCc2ccccc2)S(=O)(=O)c2ccc(Br)cc2)c1. The third kappa shape index (κ3) is 6.40. The summed E-state index contributed by atoms with van der Waals surface area (Å²) in [6, 6.07) is 22.9. The average molecular weight is 503 g/mol. The molecule has 0 atom stereocenters. The van der Waals surface area contributed by atoms with E-state index in [2.05, 4.69) is 21.2 Å². The van der Waals surface area contributed by atoms with Gasteiger partial charge in [-0.15, -0.1) is 0 Å². The highest BCUT2D eigenvalue weighted by Crippen LogP contribution is 2.20. The summed E-state index contributed by atoms with van der Waals surface area (Å²) in [5.74, 6) is 0.170. The maximum atomic E-state index is 13.3. The van der Waals surface area contributed by atoms with E-state index in [1.54, 1.807) is 36.4 Å². The van der Waals surface area contributed by atoms with Gasteiger partial charge in [0, 0.05) is 22.8 Å². The van der Waals surface area contributed by atoms with E-state index in [1.807, 2.05) is 30.3 Å². The van der Waals surface area contributed by atoms with Gasteiger partial charge in [0.05, 0.1) is 18.6 Å². The van der Waals surface area contributed by atoms with Crippen molar-refractivity contribution in [3.05, 3.63) is 88.9 Å². The third-order valence-electron chi connectivity index (χ3n) is 4.62. The van der Waals surface area contributed by atoms with Gasteiger partial charge in [-0.2, -0.15) is 4.31 Å². The molecule has 162 valence electrons. The first-order valence-electron chi connectivity index (χ1n) is 9.62. The molecule has 0 heterocycles. The summed E-state index contributed by atoms with van der Waals surface area (Å²) in [4.78, 5) is 12.8. The van der Waals surface area contributed by atoms with Crippen LogP contribution in [-0.2, 0) is 21.2 Å². The molecule has 3 aromatic rings. The van der Waals surface area contributed by atoms with Crippen LogP contribution in [0.2, 0.25) is 0 Å². The van der Waals surface area contributed by atoms with Crippen LogP contribution in [0, 0.1) is 0 Å². The van der Waals surface area contributed by atoms with Gasteiger partial charge in [0.1, 0.15) is 5.75 Å². The van der Waals surface area contributed by atoms with Gasteiger partial charge in [-0.25, -0.2) is 8.42 Å². The summed E-state index contributed by atoms with van der Waals surface area (Å²) in [6.07, 6.45) is 0.489.